The standard InChI is InChI=1S/C25H27ClN2O3/c1-31-22(29)16-28-21-14-13-19(26)15-20(21)23(17-9-7-4-8-10-17)27-24(25(28)30)18-11-5-2-3-6-12-18/h4,7-10,13-15,18,24H,2-3,5-6,11-12,16H2,1H3/t24-/m0/s1. The average molecular weight is 439 g/mol. The molecule has 0 bridgehead atoms. The number of hydrogen-bond acceptors (Lipinski definition) is 4. The van der Waals surface area contributed by atoms with E-state index in [1.807, 2.05) is 36.4 Å². The van der Waals surface area contributed by atoms with E-state index in [0.717, 1.165) is 42.5 Å². The number of benzodiazepines with no additional fused rings is 1. The monoisotopic (exact) mass is 438 g/mol. The van der Waals surface area contributed by atoms with Crippen LogP contribution in [0.2, 0.25) is 5.02 Å². The van der Waals surface area contributed by atoms with Gasteiger partial charge in [-0.1, -0.05) is 67.6 Å². The molecule has 1 heterocycles. The van der Waals surface area contributed by atoms with E-state index in [-0.39, 0.29) is 18.4 Å². The summed E-state index contributed by atoms with van der Waals surface area (Å²) < 4.78 is 4.90. The SMILES string of the molecule is COC(=O)CN1C(=O)[C@H](C2CCCCCC2)N=C(c2ccccc2)c2cc(Cl)ccc21. The van der Waals surface area contributed by atoms with Crippen LogP contribution in [0.5, 0.6) is 0 Å². The van der Waals surface area contributed by atoms with Crippen molar-refractivity contribution in [2.45, 2.75) is 44.6 Å². The van der Waals surface area contributed by atoms with Crippen LogP contribution in [0, 0.1) is 5.92 Å². The minimum Gasteiger partial charge on any atom is -0.468 e. The molecule has 2 aromatic carbocycles. The van der Waals surface area contributed by atoms with Gasteiger partial charge in [0, 0.05) is 16.1 Å². The molecule has 1 fully saturated rings. The predicted molar refractivity (Wildman–Crippen MR) is 123 cm³/mol. The number of carbonyl (C=O) groups excluding carboxylic acids is 2. The van der Waals surface area contributed by atoms with Gasteiger partial charge in [0.2, 0.25) is 0 Å². The number of esters is 1. The van der Waals surface area contributed by atoms with Crippen molar-refractivity contribution in [3.05, 3.63) is 64.7 Å². The zero-order valence-corrected chi connectivity index (χ0v) is 18.5. The molecule has 0 saturated heterocycles. The van der Waals surface area contributed by atoms with Gasteiger partial charge in [0.25, 0.3) is 5.91 Å². The highest BCUT2D eigenvalue weighted by molar-refractivity contribution is 6.32. The number of carbonyl (C=O) groups is 2. The first kappa shape index (κ1) is 21.6. The molecule has 1 saturated carbocycles. The fourth-order valence-electron chi connectivity index (χ4n) is 4.59. The van der Waals surface area contributed by atoms with Gasteiger partial charge in [0.1, 0.15) is 12.6 Å². The Morgan fingerprint density at radius 1 is 1.10 bits per heavy atom. The summed E-state index contributed by atoms with van der Waals surface area (Å²) >= 11 is 6.36. The molecule has 1 aliphatic heterocycles. The molecule has 0 N–H and O–H groups in total. The van der Waals surface area contributed by atoms with Crippen molar-refractivity contribution in [3.63, 3.8) is 0 Å². The van der Waals surface area contributed by atoms with E-state index in [9.17, 15) is 9.59 Å². The molecule has 0 aromatic heterocycles. The third-order valence-electron chi connectivity index (χ3n) is 6.20. The first-order chi connectivity index (χ1) is 15.1. The van der Waals surface area contributed by atoms with E-state index >= 15 is 0 Å². The van der Waals surface area contributed by atoms with Crippen LogP contribution in [-0.2, 0) is 14.3 Å². The summed E-state index contributed by atoms with van der Waals surface area (Å²) in [6, 6.07) is 14.7. The molecular weight excluding hydrogens is 412 g/mol. The van der Waals surface area contributed by atoms with Gasteiger partial charge < -0.3 is 4.74 Å². The summed E-state index contributed by atoms with van der Waals surface area (Å²) in [4.78, 5) is 32.6. The van der Waals surface area contributed by atoms with Gasteiger partial charge in [-0.05, 0) is 37.0 Å². The second-order valence-electron chi connectivity index (χ2n) is 8.20. The number of rotatable bonds is 4. The molecule has 0 unspecified atom stereocenters. The number of anilines is 1. The molecule has 1 atom stereocenters. The first-order valence-electron chi connectivity index (χ1n) is 10.9. The summed E-state index contributed by atoms with van der Waals surface area (Å²) in [6.45, 7) is -0.148. The van der Waals surface area contributed by atoms with Crippen molar-refractivity contribution in [2.75, 3.05) is 18.6 Å². The van der Waals surface area contributed by atoms with E-state index in [1.54, 1.807) is 12.1 Å². The Hall–Kier alpha value is -2.66. The fraction of sp³-hybridized carbons (Fsp3) is 0.400. The highest BCUT2D eigenvalue weighted by Crippen LogP contribution is 2.35. The smallest absolute Gasteiger partial charge is 0.325 e. The van der Waals surface area contributed by atoms with E-state index in [2.05, 4.69) is 0 Å². The van der Waals surface area contributed by atoms with Crippen LogP contribution >= 0.6 is 11.6 Å². The van der Waals surface area contributed by atoms with Gasteiger partial charge in [-0.2, -0.15) is 0 Å². The third-order valence-corrected chi connectivity index (χ3v) is 6.44. The summed E-state index contributed by atoms with van der Waals surface area (Å²) in [5.41, 5.74) is 3.07. The van der Waals surface area contributed by atoms with Crippen molar-refractivity contribution in [2.24, 2.45) is 10.9 Å². The molecule has 2 aliphatic rings. The van der Waals surface area contributed by atoms with Gasteiger partial charge in [0.05, 0.1) is 18.5 Å². The molecular formula is C25H27ClN2O3. The molecule has 4 rings (SSSR count). The zero-order chi connectivity index (χ0) is 21.8. The van der Waals surface area contributed by atoms with Crippen molar-refractivity contribution in [1.82, 2.24) is 0 Å². The number of halogens is 1. The predicted octanol–water partition coefficient (Wildman–Crippen LogP) is 5.04. The third kappa shape index (κ3) is 4.67. The number of hydrogen-bond donors (Lipinski definition) is 0. The lowest BCUT2D eigenvalue weighted by atomic mass is 9.91. The molecule has 0 radical (unpaired) electrons. The summed E-state index contributed by atoms with van der Waals surface area (Å²) in [7, 11) is 1.34. The number of ether oxygens (including phenoxy) is 1. The molecule has 6 heteroatoms. The Bertz CT molecular complexity index is 982. The summed E-state index contributed by atoms with van der Waals surface area (Å²) in [5.74, 6) is -0.456. The number of nitrogens with zero attached hydrogens (tertiary/aromatic N) is 2. The van der Waals surface area contributed by atoms with Crippen LogP contribution in [0.3, 0.4) is 0 Å². The van der Waals surface area contributed by atoms with E-state index in [1.165, 1.54) is 24.9 Å². The van der Waals surface area contributed by atoms with Crippen LogP contribution in [0.15, 0.2) is 53.5 Å². The number of aliphatic imine (C=N–C) groups is 1. The van der Waals surface area contributed by atoms with Crippen molar-refractivity contribution in [1.29, 1.82) is 0 Å². The van der Waals surface area contributed by atoms with Gasteiger partial charge in [0.15, 0.2) is 0 Å². The van der Waals surface area contributed by atoms with Gasteiger partial charge >= 0.3 is 5.97 Å². The molecule has 31 heavy (non-hydrogen) atoms. The maximum absolute atomic E-state index is 13.8. The minimum atomic E-state index is -0.538. The second-order valence-corrected chi connectivity index (χ2v) is 8.64. The number of methoxy groups -OCH3 is 1. The molecule has 5 nitrogen and oxygen atoms in total. The van der Waals surface area contributed by atoms with Crippen molar-refractivity contribution < 1.29 is 14.3 Å². The number of benzene rings is 2. The lowest BCUT2D eigenvalue weighted by Gasteiger charge is -2.27. The quantitative estimate of drug-likeness (QED) is 0.496. The number of amides is 1. The van der Waals surface area contributed by atoms with E-state index in [4.69, 9.17) is 21.3 Å². The Labute approximate surface area is 188 Å². The van der Waals surface area contributed by atoms with E-state index < -0.39 is 12.0 Å². The van der Waals surface area contributed by atoms with Gasteiger partial charge in [-0.3, -0.25) is 19.5 Å². The Kier molecular flexibility index (Phi) is 6.71. The van der Waals surface area contributed by atoms with Gasteiger partial charge in [-0.25, -0.2) is 0 Å². The number of fused-ring (bicyclic) bond motifs is 1. The zero-order valence-electron chi connectivity index (χ0n) is 17.7. The van der Waals surface area contributed by atoms with Crippen LogP contribution in [0.4, 0.5) is 5.69 Å². The Balaban J connectivity index is 1.89. The molecule has 1 amide bonds. The fourth-order valence-corrected chi connectivity index (χ4v) is 4.76. The highest BCUT2D eigenvalue weighted by Gasteiger charge is 2.37. The van der Waals surface area contributed by atoms with Crippen molar-refractivity contribution in [3.8, 4) is 0 Å². The second kappa shape index (κ2) is 9.65. The molecule has 162 valence electrons. The molecule has 2 aromatic rings. The highest BCUT2D eigenvalue weighted by atomic mass is 35.5. The Morgan fingerprint density at radius 3 is 2.48 bits per heavy atom. The Morgan fingerprint density at radius 2 is 1.81 bits per heavy atom. The van der Waals surface area contributed by atoms with Crippen LogP contribution in [-0.4, -0.2) is 37.3 Å². The van der Waals surface area contributed by atoms with Crippen LogP contribution in [0.1, 0.15) is 49.7 Å². The van der Waals surface area contributed by atoms with E-state index in [0.29, 0.717) is 10.7 Å². The molecule has 0 spiro atoms. The lowest BCUT2D eigenvalue weighted by Crippen LogP contribution is -2.44. The minimum absolute atomic E-state index is 0.146. The summed E-state index contributed by atoms with van der Waals surface area (Å²) in [5, 5.41) is 0.556. The topological polar surface area (TPSA) is 59.0 Å². The largest absolute Gasteiger partial charge is 0.468 e. The van der Waals surface area contributed by atoms with Gasteiger partial charge in [-0.15, -0.1) is 0 Å². The van der Waals surface area contributed by atoms with Crippen molar-refractivity contribution >= 4 is 34.9 Å². The maximum Gasteiger partial charge on any atom is 0.325 e. The summed E-state index contributed by atoms with van der Waals surface area (Å²) in [6.07, 6.45) is 6.50. The van der Waals surface area contributed by atoms with Crippen LogP contribution < -0.4 is 4.90 Å². The normalized spacial score (nSPS) is 19.8. The first-order valence-corrected chi connectivity index (χ1v) is 11.3. The molecule has 1 aliphatic carbocycles. The average Bonchev–Trinajstić information content (AvgIpc) is 3.12. The van der Waals surface area contributed by atoms with Crippen LogP contribution in [0.25, 0.3) is 0 Å². The lowest BCUT2D eigenvalue weighted by molar-refractivity contribution is -0.140. The maximum atomic E-state index is 13.8.